The van der Waals surface area contributed by atoms with Gasteiger partial charge in [0.25, 0.3) is 0 Å². The van der Waals surface area contributed by atoms with E-state index in [1.54, 1.807) is 12.0 Å². The molecule has 2 aromatic rings. The molecular formula is C19H22N2O4. The number of benzene rings is 1. The molecule has 0 saturated heterocycles. The van der Waals surface area contributed by atoms with Crippen molar-refractivity contribution in [2.75, 3.05) is 20.3 Å². The van der Waals surface area contributed by atoms with Crippen LogP contribution in [0.15, 0.2) is 40.8 Å². The van der Waals surface area contributed by atoms with Crippen molar-refractivity contribution in [3.05, 3.63) is 59.0 Å². The monoisotopic (exact) mass is 342 g/mol. The van der Waals surface area contributed by atoms with E-state index < -0.39 is 6.04 Å². The van der Waals surface area contributed by atoms with Crippen LogP contribution in [0, 0.1) is 6.92 Å². The first-order valence-corrected chi connectivity index (χ1v) is 8.29. The van der Waals surface area contributed by atoms with E-state index >= 15 is 0 Å². The molecule has 3 rings (SSSR count). The standard InChI is InChI=1S/C19H22N2O4/c1-13-7-8-15(25-13)12-20-19(23)18-16-6-4-3-5-14(16)11-17(22)21(18)9-10-24-2/h3-8,18H,9-12H2,1-2H3,(H,20,23)/t18-/m1/s1. The molecule has 1 N–H and O–H groups in total. The summed E-state index contributed by atoms with van der Waals surface area (Å²) in [6.45, 7) is 2.90. The van der Waals surface area contributed by atoms with Gasteiger partial charge in [-0.2, -0.15) is 0 Å². The van der Waals surface area contributed by atoms with Crippen LogP contribution in [0.2, 0.25) is 0 Å². The summed E-state index contributed by atoms with van der Waals surface area (Å²) in [5.74, 6) is 1.20. The first-order valence-electron chi connectivity index (χ1n) is 8.29. The SMILES string of the molecule is COCCN1C(=O)Cc2ccccc2[C@@H]1C(=O)NCc1ccc(C)o1. The number of amides is 2. The fraction of sp³-hybridized carbons (Fsp3) is 0.368. The van der Waals surface area contributed by atoms with E-state index in [0.29, 0.717) is 25.3 Å². The van der Waals surface area contributed by atoms with Gasteiger partial charge in [-0.3, -0.25) is 9.59 Å². The summed E-state index contributed by atoms with van der Waals surface area (Å²) in [6.07, 6.45) is 0.307. The highest BCUT2D eigenvalue weighted by Crippen LogP contribution is 2.30. The Hall–Kier alpha value is -2.60. The second kappa shape index (κ2) is 7.53. The molecule has 1 aliphatic heterocycles. The number of aryl methyl sites for hydroxylation is 1. The van der Waals surface area contributed by atoms with Crippen molar-refractivity contribution in [2.24, 2.45) is 0 Å². The zero-order valence-electron chi connectivity index (χ0n) is 14.5. The molecule has 0 unspecified atom stereocenters. The van der Waals surface area contributed by atoms with E-state index in [0.717, 1.165) is 16.9 Å². The van der Waals surface area contributed by atoms with Crippen molar-refractivity contribution in [2.45, 2.75) is 25.9 Å². The van der Waals surface area contributed by atoms with Gasteiger partial charge in [-0.15, -0.1) is 0 Å². The average molecular weight is 342 g/mol. The second-order valence-corrected chi connectivity index (χ2v) is 6.09. The van der Waals surface area contributed by atoms with Crippen molar-refractivity contribution < 1.29 is 18.7 Å². The van der Waals surface area contributed by atoms with Gasteiger partial charge in [0, 0.05) is 13.7 Å². The predicted octanol–water partition coefficient (Wildman–Crippen LogP) is 1.98. The minimum absolute atomic E-state index is 0.0651. The molecule has 6 nitrogen and oxygen atoms in total. The summed E-state index contributed by atoms with van der Waals surface area (Å²) in [5.41, 5.74) is 1.77. The van der Waals surface area contributed by atoms with Crippen LogP contribution in [0.3, 0.4) is 0 Å². The minimum atomic E-state index is -0.649. The molecular weight excluding hydrogens is 320 g/mol. The lowest BCUT2D eigenvalue weighted by atomic mass is 9.91. The maximum absolute atomic E-state index is 12.9. The van der Waals surface area contributed by atoms with E-state index in [4.69, 9.17) is 9.15 Å². The molecule has 0 spiro atoms. The van der Waals surface area contributed by atoms with Crippen LogP contribution in [0.5, 0.6) is 0 Å². The van der Waals surface area contributed by atoms with Gasteiger partial charge in [0.15, 0.2) is 0 Å². The van der Waals surface area contributed by atoms with Crippen molar-refractivity contribution in [1.29, 1.82) is 0 Å². The van der Waals surface area contributed by atoms with E-state index in [9.17, 15) is 9.59 Å². The highest BCUT2D eigenvalue weighted by molar-refractivity contribution is 5.92. The molecule has 0 radical (unpaired) electrons. The van der Waals surface area contributed by atoms with Crippen LogP contribution in [-0.4, -0.2) is 37.0 Å². The quantitative estimate of drug-likeness (QED) is 0.871. The van der Waals surface area contributed by atoms with Gasteiger partial charge < -0.3 is 19.4 Å². The third-order valence-electron chi connectivity index (χ3n) is 4.34. The third kappa shape index (κ3) is 3.74. The Morgan fingerprint density at radius 2 is 2.12 bits per heavy atom. The van der Waals surface area contributed by atoms with Crippen LogP contribution in [-0.2, 0) is 27.3 Å². The summed E-state index contributed by atoms with van der Waals surface area (Å²) < 4.78 is 10.6. The number of hydrogen-bond donors (Lipinski definition) is 1. The molecule has 132 valence electrons. The van der Waals surface area contributed by atoms with Gasteiger partial charge >= 0.3 is 0 Å². The smallest absolute Gasteiger partial charge is 0.247 e. The number of nitrogens with one attached hydrogen (secondary N) is 1. The fourth-order valence-electron chi connectivity index (χ4n) is 3.12. The first kappa shape index (κ1) is 17.2. The van der Waals surface area contributed by atoms with Gasteiger partial charge in [-0.1, -0.05) is 24.3 Å². The van der Waals surface area contributed by atoms with Gasteiger partial charge in [0.05, 0.1) is 19.6 Å². The number of furan rings is 1. The highest BCUT2D eigenvalue weighted by Gasteiger charge is 2.36. The summed E-state index contributed by atoms with van der Waals surface area (Å²) in [5, 5.41) is 2.88. The molecule has 6 heteroatoms. The molecule has 2 heterocycles. The number of rotatable bonds is 6. The van der Waals surface area contributed by atoms with Gasteiger partial charge in [0.1, 0.15) is 17.6 Å². The molecule has 1 aromatic heterocycles. The number of methoxy groups -OCH3 is 1. The maximum Gasteiger partial charge on any atom is 0.247 e. The zero-order chi connectivity index (χ0) is 17.8. The van der Waals surface area contributed by atoms with E-state index in [-0.39, 0.29) is 18.4 Å². The van der Waals surface area contributed by atoms with Crippen molar-refractivity contribution in [3.8, 4) is 0 Å². The summed E-state index contributed by atoms with van der Waals surface area (Å²) >= 11 is 0. The van der Waals surface area contributed by atoms with Crippen molar-refractivity contribution in [1.82, 2.24) is 10.2 Å². The van der Waals surface area contributed by atoms with Crippen LogP contribution in [0.1, 0.15) is 28.7 Å². The summed E-state index contributed by atoms with van der Waals surface area (Å²) in [6, 6.07) is 10.6. The zero-order valence-corrected chi connectivity index (χ0v) is 14.5. The molecule has 1 atom stereocenters. The van der Waals surface area contributed by atoms with E-state index in [2.05, 4.69) is 5.32 Å². The molecule has 25 heavy (non-hydrogen) atoms. The van der Waals surface area contributed by atoms with Crippen molar-refractivity contribution in [3.63, 3.8) is 0 Å². The molecule has 1 aliphatic rings. The third-order valence-corrected chi connectivity index (χ3v) is 4.34. The lowest BCUT2D eigenvalue weighted by Crippen LogP contribution is -2.48. The van der Waals surface area contributed by atoms with Crippen LogP contribution in [0.4, 0.5) is 0 Å². The Labute approximate surface area is 146 Å². The normalized spacial score (nSPS) is 16.6. The van der Waals surface area contributed by atoms with Crippen LogP contribution >= 0.6 is 0 Å². The summed E-state index contributed by atoms with van der Waals surface area (Å²) in [4.78, 5) is 27.0. The number of carbonyl (C=O) groups excluding carboxylic acids is 2. The molecule has 1 aromatic carbocycles. The van der Waals surface area contributed by atoms with Gasteiger partial charge in [0.2, 0.25) is 11.8 Å². The van der Waals surface area contributed by atoms with E-state index in [1.807, 2.05) is 43.3 Å². The molecule has 2 amide bonds. The average Bonchev–Trinajstić information content (AvgIpc) is 3.02. The Balaban J connectivity index is 1.82. The Kier molecular flexibility index (Phi) is 5.19. The Bertz CT molecular complexity index is 768. The Morgan fingerprint density at radius 1 is 1.32 bits per heavy atom. The second-order valence-electron chi connectivity index (χ2n) is 6.09. The number of carbonyl (C=O) groups is 2. The lowest BCUT2D eigenvalue weighted by Gasteiger charge is -2.36. The van der Waals surface area contributed by atoms with Crippen LogP contribution < -0.4 is 5.32 Å². The first-order chi connectivity index (χ1) is 12.1. The topological polar surface area (TPSA) is 71.8 Å². The van der Waals surface area contributed by atoms with Gasteiger partial charge in [-0.05, 0) is 30.2 Å². The van der Waals surface area contributed by atoms with Gasteiger partial charge in [-0.25, -0.2) is 0 Å². The number of nitrogens with zero attached hydrogens (tertiary/aromatic N) is 1. The van der Waals surface area contributed by atoms with E-state index in [1.165, 1.54) is 0 Å². The fourth-order valence-corrected chi connectivity index (χ4v) is 3.12. The minimum Gasteiger partial charge on any atom is -0.465 e. The molecule has 0 saturated carbocycles. The number of hydrogen-bond acceptors (Lipinski definition) is 4. The Morgan fingerprint density at radius 3 is 2.84 bits per heavy atom. The largest absolute Gasteiger partial charge is 0.465 e. The molecule has 0 aliphatic carbocycles. The number of fused-ring (bicyclic) bond motifs is 1. The number of ether oxygens (including phenoxy) is 1. The maximum atomic E-state index is 12.9. The van der Waals surface area contributed by atoms with Crippen LogP contribution in [0.25, 0.3) is 0 Å². The molecule has 0 bridgehead atoms. The highest BCUT2D eigenvalue weighted by atomic mass is 16.5. The lowest BCUT2D eigenvalue weighted by molar-refractivity contribution is -0.142. The molecule has 0 fully saturated rings. The van der Waals surface area contributed by atoms with Crippen molar-refractivity contribution >= 4 is 11.8 Å². The predicted molar refractivity (Wildman–Crippen MR) is 91.8 cm³/mol. The summed E-state index contributed by atoms with van der Waals surface area (Å²) in [7, 11) is 1.58.